The molecule has 0 aliphatic carbocycles. The first kappa shape index (κ1) is 17.5. The maximum atomic E-state index is 12.9. The largest absolute Gasteiger partial charge is 0.484 e. The number of thioether (sulfide) groups is 1. The number of benzene rings is 2. The molecule has 3 aromatic rings. The van der Waals surface area contributed by atoms with Crippen molar-refractivity contribution in [1.82, 2.24) is 20.2 Å². The van der Waals surface area contributed by atoms with Crippen LogP contribution in [0.3, 0.4) is 0 Å². The Morgan fingerprint density at radius 1 is 1.26 bits per heavy atom. The van der Waals surface area contributed by atoms with Crippen molar-refractivity contribution in [3.05, 3.63) is 54.9 Å². The van der Waals surface area contributed by atoms with Gasteiger partial charge in [-0.2, -0.15) is 0 Å². The number of para-hydroxylation sites is 1. The van der Waals surface area contributed by atoms with Crippen LogP contribution in [-0.2, 0) is 4.79 Å². The predicted molar refractivity (Wildman–Crippen MR) is 103 cm³/mol. The van der Waals surface area contributed by atoms with Crippen LogP contribution in [0.25, 0.3) is 5.69 Å². The molecule has 27 heavy (non-hydrogen) atoms. The van der Waals surface area contributed by atoms with E-state index in [0.717, 1.165) is 22.7 Å². The van der Waals surface area contributed by atoms with Crippen molar-refractivity contribution >= 4 is 23.4 Å². The van der Waals surface area contributed by atoms with Gasteiger partial charge in [0.05, 0.1) is 11.4 Å². The van der Waals surface area contributed by atoms with Gasteiger partial charge in [0.15, 0.2) is 6.61 Å². The standard InChI is InChI=1S/C19H19N5O2S/c1-14-9-10-23(17-7-2-3-8-18(17)27-14)19(25)12-26-16-6-4-5-15(11-16)24-13-20-21-22-24/h2-8,11,13-14H,9-10,12H2,1H3/t14-/m1/s1. The van der Waals surface area contributed by atoms with E-state index in [9.17, 15) is 4.79 Å². The van der Waals surface area contributed by atoms with E-state index >= 15 is 0 Å². The predicted octanol–water partition coefficient (Wildman–Crippen LogP) is 2.96. The fourth-order valence-corrected chi connectivity index (χ4v) is 4.08. The van der Waals surface area contributed by atoms with Gasteiger partial charge in [-0.15, -0.1) is 16.9 Å². The van der Waals surface area contributed by atoms with Crippen LogP contribution in [-0.4, -0.2) is 44.5 Å². The Kier molecular flexibility index (Phi) is 5.06. The van der Waals surface area contributed by atoms with Crippen LogP contribution in [0.4, 0.5) is 5.69 Å². The van der Waals surface area contributed by atoms with Crippen LogP contribution in [0.15, 0.2) is 59.8 Å². The molecule has 1 aliphatic heterocycles. The molecule has 1 aromatic heterocycles. The van der Waals surface area contributed by atoms with Crippen LogP contribution in [0.2, 0.25) is 0 Å². The minimum absolute atomic E-state index is 0.0214. The van der Waals surface area contributed by atoms with Crippen LogP contribution in [0.1, 0.15) is 13.3 Å². The van der Waals surface area contributed by atoms with Crippen LogP contribution < -0.4 is 9.64 Å². The molecule has 2 aromatic carbocycles. The topological polar surface area (TPSA) is 73.1 Å². The number of anilines is 1. The molecule has 0 radical (unpaired) electrons. The van der Waals surface area contributed by atoms with Gasteiger partial charge in [-0.05, 0) is 41.1 Å². The minimum atomic E-state index is -0.0509. The Morgan fingerprint density at radius 3 is 3.00 bits per heavy atom. The Bertz CT molecular complexity index is 931. The van der Waals surface area contributed by atoms with Crippen LogP contribution in [0, 0.1) is 0 Å². The van der Waals surface area contributed by atoms with Crippen molar-refractivity contribution in [2.75, 3.05) is 18.1 Å². The smallest absolute Gasteiger partial charge is 0.264 e. The van der Waals surface area contributed by atoms with Gasteiger partial charge in [0.25, 0.3) is 5.91 Å². The molecule has 1 amide bonds. The molecule has 0 saturated carbocycles. The van der Waals surface area contributed by atoms with E-state index in [4.69, 9.17) is 4.74 Å². The van der Waals surface area contributed by atoms with Crippen molar-refractivity contribution in [3.8, 4) is 11.4 Å². The molecule has 138 valence electrons. The van der Waals surface area contributed by atoms with E-state index in [-0.39, 0.29) is 12.5 Å². The van der Waals surface area contributed by atoms with Gasteiger partial charge in [0, 0.05) is 22.8 Å². The molecule has 7 nitrogen and oxygen atoms in total. The molecule has 0 fully saturated rings. The second kappa shape index (κ2) is 7.79. The monoisotopic (exact) mass is 381 g/mol. The van der Waals surface area contributed by atoms with E-state index in [1.54, 1.807) is 10.7 Å². The quantitative estimate of drug-likeness (QED) is 0.692. The highest BCUT2D eigenvalue weighted by Gasteiger charge is 2.24. The number of hydrogen-bond donors (Lipinski definition) is 0. The van der Waals surface area contributed by atoms with E-state index in [0.29, 0.717) is 17.5 Å². The Balaban J connectivity index is 1.48. The fraction of sp³-hybridized carbons (Fsp3) is 0.263. The molecule has 0 spiro atoms. The highest BCUT2D eigenvalue weighted by Crippen LogP contribution is 2.37. The van der Waals surface area contributed by atoms with E-state index in [1.807, 2.05) is 53.1 Å². The Morgan fingerprint density at radius 2 is 2.15 bits per heavy atom. The summed E-state index contributed by atoms with van der Waals surface area (Å²) in [6.45, 7) is 2.86. The third-order valence-corrected chi connectivity index (χ3v) is 5.58. The van der Waals surface area contributed by atoms with E-state index in [2.05, 4.69) is 28.5 Å². The van der Waals surface area contributed by atoms with E-state index < -0.39 is 0 Å². The van der Waals surface area contributed by atoms with Gasteiger partial charge in [0.1, 0.15) is 12.1 Å². The molecule has 8 heteroatoms. The maximum Gasteiger partial charge on any atom is 0.264 e. The SMILES string of the molecule is C[C@@H]1CCN(C(=O)COc2cccc(-n3cnnn3)c2)c2ccccc2S1. The Hall–Kier alpha value is -2.87. The fourth-order valence-electron chi connectivity index (χ4n) is 2.96. The number of carbonyl (C=O) groups excluding carboxylic acids is 1. The number of carbonyl (C=O) groups is 1. The zero-order valence-corrected chi connectivity index (χ0v) is 15.7. The molecule has 2 heterocycles. The normalized spacial score (nSPS) is 16.5. The first-order valence-electron chi connectivity index (χ1n) is 8.73. The van der Waals surface area contributed by atoms with Crippen molar-refractivity contribution in [3.63, 3.8) is 0 Å². The van der Waals surface area contributed by atoms with E-state index in [1.165, 1.54) is 6.33 Å². The number of aromatic nitrogens is 4. The van der Waals surface area contributed by atoms with Gasteiger partial charge in [0.2, 0.25) is 0 Å². The summed E-state index contributed by atoms with van der Waals surface area (Å²) in [6.07, 6.45) is 2.46. The lowest BCUT2D eigenvalue weighted by atomic mass is 10.2. The van der Waals surface area contributed by atoms with Gasteiger partial charge < -0.3 is 9.64 Å². The average Bonchev–Trinajstić information content (AvgIpc) is 3.17. The number of rotatable bonds is 4. The van der Waals surface area contributed by atoms with Gasteiger partial charge in [-0.1, -0.05) is 25.1 Å². The lowest BCUT2D eigenvalue weighted by Crippen LogP contribution is -2.36. The summed E-state index contributed by atoms with van der Waals surface area (Å²) in [5.41, 5.74) is 1.73. The second-order valence-electron chi connectivity index (χ2n) is 6.27. The van der Waals surface area contributed by atoms with Crippen molar-refractivity contribution in [2.24, 2.45) is 0 Å². The molecule has 0 bridgehead atoms. The second-order valence-corrected chi connectivity index (χ2v) is 7.75. The molecule has 4 rings (SSSR count). The summed E-state index contributed by atoms with van der Waals surface area (Å²) in [4.78, 5) is 15.8. The van der Waals surface area contributed by atoms with Crippen molar-refractivity contribution < 1.29 is 9.53 Å². The first-order valence-corrected chi connectivity index (χ1v) is 9.61. The number of fused-ring (bicyclic) bond motifs is 1. The van der Waals surface area contributed by atoms with Crippen molar-refractivity contribution in [2.45, 2.75) is 23.5 Å². The molecule has 1 aliphatic rings. The lowest BCUT2D eigenvalue weighted by molar-refractivity contribution is -0.120. The zero-order valence-electron chi connectivity index (χ0n) is 14.9. The number of tetrazole rings is 1. The number of ether oxygens (including phenoxy) is 1. The summed E-state index contributed by atoms with van der Waals surface area (Å²) in [7, 11) is 0. The molecular weight excluding hydrogens is 362 g/mol. The first-order chi connectivity index (χ1) is 13.2. The summed E-state index contributed by atoms with van der Waals surface area (Å²) < 4.78 is 7.30. The number of hydrogen-bond acceptors (Lipinski definition) is 6. The number of nitrogens with zero attached hydrogens (tertiary/aromatic N) is 5. The molecule has 0 saturated heterocycles. The van der Waals surface area contributed by atoms with Gasteiger partial charge in [-0.3, -0.25) is 4.79 Å². The summed E-state index contributed by atoms with van der Waals surface area (Å²) >= 11 is 1.81. The van der Waals surface area contributed by atoms with Gasteiger partial charge >= 0.3 is 0 Å². The third-order valence-electron chi connectivity index (χ3n) is 4.34. The maximum absolute atomic E-state index is 12.9. The average molecular weight is 381 g/mol. The molecule has 0 N–H and O–H groups in total. The zero-order chi connectivity index (χ0) is 18.6. The van der Waals surface area contributed by atoms with Crippen LogP contribution in [0.5, 0.6) is 5.75 Å². The summed E-state index contributed by atoms with van der Waals surface area (Å²) in [6, 6.07) is 15.4. The number of amides is 1. The van der Waals surface area contributed by atoms with Crippen LogP contribution >= 0.6 is 11.8 Å². The molecule has 0 unspecified atom stereocenters. The minimum Gasteiger partial charge on any atom is -0.484 e. The van der Waals surface area contributed by atoms with Gasteiger partial charge in [-0.25, -0.2) is 4.68 Å². The highest BCUT2D eigenvalue weighted by molar-refractivity contribution is 8.00. The summed E-state index contributed by atoms with van der Waals surface area (Å²) in [5.74, 6) is 0.548. The third kappa shape index (κ3) is 3.95. The molecule has 1 atom stereocenters. The van der Waals surface area contributed by atoms with Crippen molar-refractivity contribution in [1.29, 1.82) is 0 Å². The summed E-state index contributed by atoms with van der Waals surface area (Å²) in [5, 5.41) is 11.6. The lowest BCUT2D eigenvalue weighted by Gasteiger charge is -2.22. The highest BCUT2D eigenvalue weighted by atomic mass is 32.2. The molecular formula is C19H19N5O2S. The Labute approximate surface area is 161 Å².